The molecule has 0 aliphatic carbocycles. The van der Waals surface area contributed by atoms with Crippen LogP contribution < -0.4 is 15.4 Å². The van der Waals surface area contributed by atoms with Gasteiger partial charge in [0.2, 0.25) is 0 Å². The molecule has 0 saturated heterocycles. The third kappa shape index (κ3) is 9.45. The van der Waals surface area contributed by atoms with Crippen molar-refractivity contribution < 1.29 is 28.7 Å². The quantitative estimate of drug-likeness (QED) is 0.178. The summed E-state index contributed by atoms with van der Waals surface area (Å²) in [7, 11) is 0. The molecule has 8 heteroatoms. The molecule has 0 radical (unpaired) electrons. The molecule has 0 fully saturated rings. The second-order valence-electron chi connectivity index (χ2n) is 8.05. The number of carbonyl (C=O) groups excluding carboxylic acids is 4. The second-order valence-corrected chi connectivity index (χ2v) is 8.05. The molecule has 0 atom stereocenters. The molecule has 3 rings (SSSR count). The first-order valence-corrected chi connectivity index (χ1v) is 11.7. The van der Waals surface area contributed by atoms with Crippen LogP contribution in [0.25, 0.3) is 6.08 Å². The molecule has 0 aliphatic heterocycles. The van der Waals surface area contributed by atoms with E-state index in [0.717, 1.165) is 5.56 Å². The summed E-state index contributed by atoms with van der Waals surface area (Å²) in [5, 5.41) is 5.38. The van der Waals surface area contributed by atoms with Crippen LogP contribution in [-0.2, 0) is 25.7 Å². The maximum atomic E-state index is 12.9. The standard InChI is InChI=1S/C29H28N2O6/c1-21(32)37-25-16-14-22(15-17-25)19-26(31-28(34)24-11-6-3-7-12-24)29(35)30-18-8-13-27(33)36-20-23-9-4-2-5-10-23/h2-7,9-12,14-17,19H,8,13,18,20H2,1H3,(H,30,35)(H,31,34). The Morgan fingerprint density at radius 1 is 0.838 bits per heavy atom. The molecule has 0 heterocycles. The molecule has 0 bridgehead atoms. The second kappa shape index (κ2) is 14.0. The van der Waals surface area contributed by atoms with Crippen LogP contribution in [-0.4, -0.2) is 30.3 Å². The largest absolute Gasteiger partial charge is 0.461 e. The molecule has 2 amide bonds. The third-order valence-corrected chi connectivity index (χ3v) is 5.07. The number of benzene rings is 3. The zero-order valence-corrected chi connectivity index (χ0v) is 20.4. The van der Waals surface area contributed by atoms with E-state index in [0.29, 0.717) is 23.3 Å². The molecular weight excluding hydrogens is 472 g/mol. The monoisotopic (exact) mass is 500 g/mol. The van der Waals surface area contributed by atoms with Gasteiger partial charge in [-0.25, -0.2) is 0 Å². The van der Waals surface area contributed by atoms with Gasteiger partial charge in [0.05, 0.1) is 0 Å². The summed E-state index contributed by atoms with van der Waals surface area (Å²) in [6, 6.07) is 24.4. The van der Waals surface area contributed by atoms with E-state index in [-0.39, 0.29) is 31.2 Å². The van der Waals surface area contributed by atoms with Crippen LogP contribution in [0.15, 0.2) is 90.6 Å². The van der Waals surface area contributed by atoms with Crippen molar-refractivity contribution in [3.05, 3.63) is 107 Å². The van der Waals surface area contributed by atoms with Crippen LogP contribution >= 0.6 is 0 Å². The van der Waals surface area contributed by atoms with Gasteiger partial charge in [0.1, 0.15) is 18.1 Å². The average molecular weight is 501 g/mol. The Balaban J connectivity index is 1.59. The summed E-state index contributed by atoms with van der Waals surface area (Å²) in [5.41, 5.74) is 1.93. The molecule has 190 valence electrons. The van der Waals surface area contributed by atoms with Crippen molar-refractivity contribution in [1.29, 1.82) is 0 Å². The van der Waals surface area contributed by atoms with Gasteiger partial charge >= 0.3 is 11.9 Å². The first kappa shape index (κ1) is 26.9. The van der Waals surface area contributed by atoms with Crippen LogP contribution in [0.1, 0.15) is 41.3 Å². The topological polar surface area (TPSA) is 111 Å². The lowest BCUT2D eigenvalue weighted by molar-refractivity contribution is -0.145. The maximum absolute atomic E-state index is 12.9. The molecular formula is C29H28N2O6. The molecule has 0 saturated carbocycles. The van der Waals surface area contributed by atoms with E-state index >= 15 is 0 Å². The molecule has 0 unspecified atom stereocenters. The Labute approximate surface area is 215 Å². The lowest BCUT2D eigenvalue weighted by Crippen LogP contribution is -2.35. The highest BCUT2D eigenvalue weighted by Gasteiger charge is 2.15. The fraction of sp³-hybridized carbons (Fsp3) is 0.172. The predicted octanol–water partition coefficient (Wildman–Crippen LogP) is 4.02. The van der Waals surface area contributed by atoms with Crippen molar-refractivity contribution in [1.82, 2.24) is 10.6 Å². The number of hydrogen-bond acceptors (Lipinski definition) is 6. The van der Waals surface area contributed by atoms with Crippen molar-refractivity contribution in [2.45, 2.75) is 26.4 Å². The Hall–Kier alpha value is -4.72. The summed E-state index contributed by atoms with van der Waals surface area (Å²) < 4.78 is 10.3. The van der Waals surface area contributed by atoms with Crippen molar-refractivity contribution in [2.24, 2.45) is 0 Å². The molecule has 37 heavy (non-hydrogen) atoms. The molecule has 8 nitrogen and oxygen atoms in total. The number of nitrogens with one attached hydrogen (secondary N) is 2. The SMILES string of the molecule is CC(=O)Oc1ccc(C=C(NC(=O)c2ccccc2)C(=O)NCCCC(=O)OCc2ccccc2)cc1. The van der Waals surface area contributed by atoms with Gasteiger partial charge in [0, 0.05) is 25.5 Å². The zero-order valence-electron chi connectivity index (χ0n) is 20.4. The Bertz CT molecular complexity index is 1240. The van der Waals surface area contributed by atoms with Crippen LogP contribution in [0, 0.1) is 0 Å². The van der Waals surface area contributed by atoms with Gasteiger partial charge in [-0.3, -0.25) is 19.2 Å². The molecule has 3 aromatic rings. The Morgan fingerprint density at radius 3 is 2.14 bits per heavy atom. The van der Waals surface area contributed by atoms with Crippen LogP contribution in [0.2, 0.25) is 0 Å². The summed E-state index contributed by atoms with van der Waals surface area (Å²) in [6.07, 6.45) is 2.03. The number of hydrogen-bond donors (Lipinski definition) is 2. The van der Waals surface area contributed by atoms with Gasteiger partial charge in [-0.15, -0.1) is 0 Å². The molecule has 2 N–H and O–H groups in total. The lowest BCUT2D eigenvalue weighted by atomic mass is 10.1. The highest BCUT2D eigenvalue weighted by atomic mass is 16.5. The summed E-state index contributed by atoms with van der Waals surface area (Å²) in [6.45, 7) is 1.71. The number of esters is 2. The normalized spacial score (nSPS) is 10.8. The molecule has 0 aliphatic rings. The van der Waals surface area contributed by atoms with Crippen LogP contribution in [0.3, 0.4) is 0 Å². The first-order valence-electron chi connectivity index (χ1n) is 11.7. The highest BCUT2D eigenvalue weighted by Crippen LogP contribution is 2.15. The minimum Gasteiger partial charge on any atom is -0.461 e. The maximum Gasteiger partial charge on any atom is 0.308 e. The molecule has 3 aromatic carbocycles. The summed E-state index contributed by atoms with van der Waals surface area (Å²) >= 11 is 0. The van der Waals surface area contributed by atoms with Crippen molar-refractivity contribution in [3.63, 3.8) is 0 Å². The minimum absolute atomic E-state index is 0.0285. The minimum atomic E-state index is -0.508. The fourth-order valence-electron chi connectivity index (χ4n) is 3.25. The average Bonchev–Trinajstić information content (AvgIpc) is 2.91. The van der Waals surface area contributed by atoms with E-state index in [1.54, 1.807) is 54.6 Å². The summed E-state index contributed by atoms with van der Waals surface area (Å²) in [4.78, 5) is 48.7. The summed E-state index contributed by atoms with van der Waals surface area (Å²) in [5.74, 6) is -1.39. The number of ether oxygens (including phenoxy) is 2. The smallest absolute Gasteiger partial charge is 0.308 e. The van der Waals surface area contributed by atoms with Crippen molar-refractivity contribution in [2.75, 3.05) is 6.54 Å². The Morgan fingerprint density at radius 2 is 1.49 bits per heavy atom. The number of rotatable bonds is 11. The lowest BCUT2D eigenvalue weighted by Gasteiger charge is -2.12. The highest BCUT2D eigenvalue weighted by molar-refractivity contribution is 6.05. The number of amides is 2. The third-order valence-electron chi connectivity index (χ3n) is 5.07. The first-order chi connectivity index (χ1) is 17.9. The molecule has 0 spiro atoms. The van der Waals surface area contributed by atoms with E-state index in [2.05, 4.69) is 10.6 Å². The van der Waals surface area contributed by atoms with Crippen LogP contribution in [0.4, 0.5) is 0 Å². The van der Waals surface area contributed by atoms with E-state index in [1.165, 1.54) is 13.0 Å². The van der Waals surface area contributed by atoms with Crippen LogP contribution in [0.5, 0.6) is 5.75 Å². The van der Waals surface area contributed by atoms with Gasteiger partial charge in [-0.1, -0.05) is 60.7 Å². The van der Waals surface area contributed by atoms with Crippen molar-refractivity contribution >= 4 is 29.8 Å². The van der Waals surface area contributed by atoms with E-state index in [4.69, 9.17) is 9.47 Å². The van der Waals surface area contributed by atoms with E-state index in [1.807, 2.05) is 30.3 Å². The zero-order chi connectivity index (χ0) is 26.5. The van der Waals surface area contributed by atoms with Gasteiger partial charge in [-0.05, 0) is 47.9 Å². The predicted molar refractivity (Wildman–Crippen MR) is 138 cm³/mol. The van der Waals surface area contributed by atoms with Crippen molar-refractivity contribution in [3.8, 4) is 5.75 Å². The Kier molecular flexibility index (Phi) is 10.2. The van der Waals surface area contributed by atoms with E-state index < -0.39 is 17.8 Å². The van der Waals surface area contributed by atoms with Gasteiger partial charge in [0.15, 0.2) is 0 Å². The van der Waals surface area contributed by atoms with Gasteiger partial charge in [0.25, 0.3) is 11.8 Å². The molecule has 0 aromatic heterocycles. The number of carbonyl (C=O) groups is 4. The van der Waals surface area contributed by atoms with Gasteiger partial charge in [-0.2, -0.15) is 0 Å². The van der Waals surface area contributed by atoms with Gasteiger partial charge < -0.3 is 20.1 Å². The van der Waals surface area contributed by atoms with E-state index in [9.17, 15) is 19.2 Å². The fourth-order valence-corrected chi connectivity index (χ4v) is 3.25.